The van der Waals surface area contributed by atoms with E-state index in [1.807, 2.05) is 6.07 Å². The molecule has 0 amide bonds. The third kappa shape index (κ3) is 3.78. The van der Waals surface area contributed by atoms with Crippen molar-refractivity contribution < 1.29 is 9.47 Å². The Bertz CT molecular complexity index is 436. The molecule has 2 heterocycles. The van der Waals surface area contributed by atoms with Gasteiger partial charge in [0.2, 0.25) is 6.79 Å². The summed E-state index contributed by atoms with van der Waals surface area (Å²) in [4.78, 5) is 2.41. The normalized spacial score (nSPS) is 18.1. The van der Waals surface area contributed by atoms with Crippen LogP contribution in [0.4, 0.5) is 0 Å². The molecule has 0 unspecified atom stereocenters. The maximum absolute atomic E-state index is 5.42. The topological polar surface area (TPSA) is 33.7 Å². The van der Waals surface area contributed by atoms with Gasteiger partial charge in [-0.1, -0.05) is 6.07 Å². The number of hydrogen-bond acceptors (Lipinski definition) is 4. The maximum Gasteiger partial charge on any atom is 0.231 e. The van der Waals surface area contributed by atoms with Crippen LogP contribution in [-0.4, -0.2) is 38.4 Å². The number of piperidine rings is 1. The van der Waals surface area contributed by atoms with Crippen LogP contribution in [0, 0.1) is 5.92 Å². The molecule has 3 rings (SSSR count). The van der Waals surface area contributed by atoms with Crippen LogP contribution >= 0.6 is 12.4 Å². The number of benzene rings is 1. The van der Waals surface area contributed by atoms with E-state index in [2.05, 4.69) is 29.4 Å². The van der Waals surface area contributed by atoms with E-state index in [9.17, 15) is 0 Å². The number of fused-ring (bicyclic) bond motifs is 1. The van der Waals surface area contributed by atoms with Crippen molar-refractivity contribution in [3.8, 4) is 11.5 Å². The molecule has 2 aliphatic heterocycles. The Morgan fingerprint density at radius 1 is 1.20 bits per heavy atom. The fourth-order valence-electron chi connectivity index (χ4n) is 2.92. The van der Waals surface area contributed by atoms with Crippen molar-refractivity contribution >= 4 is 12.4 Å². The van der Waals surface area contributed by atoms with Gasteiger partial charge in [0, 0.05) is 13.1 Å². The molecule has 1 aromatic rings. The minimum atomic E-state index is 0. The first-order valence-electron chi connectivity index (χ1n) is 7.09. The highest BCUT2D eigenvalue weighted by atomic mass is 35.5. The fraction of sp³-hybridized carbons (Fsp3) is 0.600. The van der Waals surface area contributed by atoms with Crippen molar-refractivity contribution in [2.45, 2.75) is 19.4 Å². The Hall–Kier alpha value is -0.970. The van der Waals surface area contributed by atoms with Crippen LogP contribution in [0.25, 0.3) is 0 Å². The van der Waals surface area contributed by atoms with Gasteiger partial charge < -0.3 is 19.7 Å². The van der Waals surface area contributed by atoms with Gasteiger partial charge in [0.1, 0.15) is 0 Å². The van der Waals surface area contributed by atoms with Gasteiger partial charge >= 0.3 is 0 Å². The number of ether oxygens (including phenoxy) is 2. The van der Waals surface area contributed by atoms with E-state index < -0.39 is 0 Å². The number of hydrogen-bond donors (Lipinski definition) is 1. The second-order valence-electron chi connectivity index (χ2n) is 5.58. The third-order valence-electron chi connectivity index (χ3n) is 3.92. The lowest BCUT2D eigenvalue weighted by atomic mass is 9.97. The van der Waals surface area contributed by atoms with Crippen molar-refractivity contribution in [2.24, 2.45) is 5.92 Å². The highest BCUT2D eigenvalue weighted by Crippen LogP contribution is 2.32. The molecule has 2 aliphatic rings. The summed E-state index contributed by atoms with van der Waals surface area (Å²) in [6, 6.07) is 6.24. The zero-order valence-corrected chi connectivity index (χ0v) is 12.7. The van der Waals surface area contributed by atoms with E-state index >= 15 is 0 Å². The third-order valence-corrected chi connectivity index (χ3v) is 3.92. The van der Waals surface area contributed by atoms with Gasteiger partial charge in [-0.05, 0) is 56.6 Å². The van der Waals surface area contributed by atoms with Crippen LogP contribution in [0.1, 0.15) is 18.4 Å². The summed E-state index contributed by atoms with van der Waals surface area (Å²) >= 11 is 0. The first kappa shape index (κ1) is 15.4. The largest absolute Gasteiger partial charge is 0.454 e. The zero-order valence-electron chi connectivity index (χ0n) is 11.9. The van der Waals surface area contributed by atoms with Gasteiger partial charge in [0.25, 0.3) is 0 Å². The molecule has 0 atom stereocenters. The van der Waals surface area contributed by atoms with E-state index in [1.165, 1.54) is 38.0 Å². The Labute approximate surface area is 126 Å². The molecule has 0 bridgehead atoms. The predicted molar refractivity (Wildman–Crippen MR) is 81.7 cm³/mol. The van der Waals surface area contributed by atoms with Crippen molar-refractivity contribution in [3.05, 3.63) is 23.8 Å². The number of nitrogens with one attached hydrogen (secondary N) is 1. The highest BCUT2D eigenvalue weighted by molar-refractivity contribution is 5.85. The fourth-order valence-corrected chi connectivity index (χ4v) is 2.92. The Morgan fingerprint density at radius 2 is 1.95 bits per heavy atom. The summed E-state index contributed by atoms with van der Waals surface area (Å²) in [5, 5.41) is 3.42. The molecule has 0 saturated carbocycles. The first-order chi connectivity index (χ1) is 9.31. The molecule has 5 heteroatoms. The number of nitrogens with zero attached hydrogens (tertiary/aromatic N) is 1. The van der Waals surface area contributed by atoms with E-state index in [0.29, 0.717) is 6.79 Å². The van der Waals surface area contributed by atoms with Gasteiger partial charge in [0.15, 0.2) is 11.5 Å². The van der Waals surface area contributed by atoms with Crippen molar-refractivity contribution in [1.29, 1.82) is 0 Å². The lowest BCUT2D eigenvalue weighted by Gasteiger charge is -2.27. The molecule has 1 N–H and O–H groups in total. The van der Waals surface area contributed by atoms with Gasteiger partial charge in [-0.3, -0.25) is 0 Å². The standard InChI is InChI=1S/C15H22N2O2.ClH/c1-17(9-12-4-6-16-7-5-12)10-13-2-3-14-15(8-13)19-11-18-14;/h2-3,8,12,16H,4-7,9-11H2,1H3;1H. The van der Waals surface area contributed by atoms with Crippen molar-refractivity contribution in [2.75, 3.05) is 33.5 Å². The van der Waals surface area contributed by atoms with Crippen LogP contribution in [-0.2, 0) is 6.54 Å². The predicted octanol–water partition coefficient (Wildman–Crippen LogP) is 2.27. The monoisotopic (exact) mass is 298 g/mol. The highest BCUT2D eigenvalue weighted by Gasteiger charge is 2.17. The average Bonchev–Trinajstić information content (AvgIpc) is 2.87. The van der Waals surface area contributed by atoms with E-state index in [1.54, 1.807) is 0 Å². The Morgan fingerprint density at radius 3 is 2.75 bits per heavy atom. The molecule has 0 aromatic heterocycles. The summed E-state index contributed by atoms with van der Waals surface area (Å²) in [5.74, 6) is 2.58. The lowest BCUT2D eigenvalue weighted by Crippen LogP contribution is -2.34. The summed E-state index contributed by atoms with van der Waals surface area (Å²) < 4.78 is 10.8. The molecule has 0 aliphatic carbocycles. The number of halogens is 1. The second kappa shape index (κ2) is 7.16. The van der Waals surface area contributed by atoms with Crippen LogP contribution in [0.15, 0.2) is 18.2 Å². The minimum absolute atomic E-state index is 0. The Kier molecular flexibility index (Phi) is 5.52. The first-order valence-corrected chi connectivity index (χ1v) is 7.09. The molecule has 1 aromatic carbocycles. The molecular formula is C15H23ClN2O2. The van der Waals surface area contributed by atoms with Crippen molar-refractivity contribution in [1.82, 2.24) is 10.2 Å². The van der Waals surface area contributed by atoms with Crippen LogP contribution in [0.2, 0.25) is 0 Å². The molecule has 20 heavy (non-hydrogen) atoms. The van der Waals surface area contributed by atoms with Gasteiger partial charge in [-0.25, -0.2) is 0 Å². The minimum Gasteiger partial charge on any atom is -0.454 e. The van der Waals surface area contributed by atoms with E-state index in [4.69, 9.17) is 9.47 Å². The van der Waals surface area contributed by atoms with Gasteiger partial charge in [0.05, 0.1) is 0 Å². The van der Waals surface area contributed by atoms with Crippen molar-refractivity contribution in [3.63, 3.8) is 0 Å². The van der Waals surface area contributed by atoms with Crippen LogP contribution < -0.4 is 14.8 Å². The van der Waals surface area contributed by atoms with Crippen LogP contribution in [0.3, 0.4) is 0 Å². The zero-order chi connectivity index (χ0) is 13.1. The van der Waals surface area contributed by atoms with E-state index in [0.717, 1.165) is 24.0 Å². The molecular weight excluding hydrogens is 276 g/mol. The second-order valence-corrected chi connectivity index (χ2v) is 5.58. The Balaban J connectivity index is 0.00000147. The molecule has 1 fully saturated rings. The summed E-state index contributed by atoms with van der Waals surface area (Å²) in [5.41, 5.74) is 1.29. The molecule has 0 spiro atoms. The molecule has 0 radical (unpaired) electrons. The summed E-state index contributed by atoms with van der Waals surface area (Å²) in [7, 11) is 2.20. The van der Waals surface area contributed by atoms with Gasteiger partial charge in [-0.2, -0.15) is 0 Å². The quantitative estimate of drug-likeness (QED) is 0.924. The number of rotatable bonds is 4. The maximum atomic E-state index is 5.42. The summed E-state index contributed by atoms with van der Waals surface area (Å²) in [6.45, 7) is 4.84. The smallest absolute Gasteiger partial charge is 0.231 e. The average molecular weight is 299 g/mol. The van der Waals surface area contributed by atoms with Gasteiger partial charge in [-0.15, -0.1) is 12.4 Å². The molecule has 112 valence electrons. The SMILES string of the molecule is CN(Cc1ccc2c(c1)OCO2)CC1CCNCC1.Cl. The summed E-state index contributed by atoms with van der Waals surface area (Å²) in [6.07, 6.45) is 2.59. The molecule has 1 saturated heterocycles. The lowest BCUT2D eigenvalue weighted by molar-refractivity contribution is 0.174. The molecule has 4 nitrogen and oxygen atoms in total. The van der Waals surface area contributed by atoms with E-state index in [-0.39, 0.29) is 12.4 Å². The van der Waals surface area contributed by atoms with Crippen LogP contribution in [0.5, 0.6) is 11.5 Å².